The van der Waals surface area contributed by atoms with Crippen molar-refractivity contribution in [3.63, 3.8) is 0 Å². The first-order valence-corrected chi connectivity index (χ1v) is 9.86. The summed E-state index contributed by atoms with van der Waals surface area (Å²) in [6, 6.07) is 11.9. The number of amides is 2. The summed E-state index contributed by atoms with van der Waals surface area (Å²) in [7, 11) is 0. The van der Waals surface area contributed by atoms with Crippen LogP contribution >= 0.6 is 0 Å². The van der Waals surface area contributed by atoms with Gasteiger partial charge in [-0.3, -0.25) is 14.3 Å². The van der Waals surface area contributed by atoms with Gasteiger partial charge in [0.15, 0.2) is 0 Å². The molecule has 2 amide bonds. The largest absolute Gasteiger partial charge is 0.364 e. The van der Waals surface area contributed by atoms with Crippen molar-refractivity contribution in [2.45, 2.75) is 37.5 Å². The molecule has 7 heteroatoms. The third kappa shape index (κ3) is 2.81. The summed E-state index contributed by atoms with van der Waals surface area (Å²) >= 11 is 0. The molecule has 3 aliphatic rings. The average molecular weight is 380 g/mol. The van der Waals surface area contributed by atoms with Crippen molar-refractivity contribution in [2.24, 2.45) is 5.41 Å². The van der Waals surface area contributed by atoms with Crippen molar-refractivity contribution in [3.05, 3.63) is 54.4 Å². The van der Waals surface area contributed by atoms with Gasteiger partial charge in [-0.15, -0.1) is 0 Å². The zero-order chi connectivity index (χ0) is 19.2. The Balaban J connectivity index is 1.37. The number of carbonyl (C=O) groups is 2. The summed E-state index contributed by atoms with van der Waals surface area (Å²) in [5.41, 5.74) is 0.140. The fraction of sp³-hybridized carbons (Fsp3) is 0.476. The molecule has 1 aromatic heterocycles. The highest BCUT2D eigenvalue weighted by molar-refractivity contribution is 5.86. The molecule has 1 N–H and O–H groups in total. The summed E-state index contributed by atoms with van der Waals surface area (Å²) < 4.78 is 7.80. The van der Waals surface area contributed by atoms with Gasteiger partial charge < -0.3 is 15.0 Å². The fourth-order valence-electron chi connectivity index (χ4n) is 4.67. The second-order valence-corrected chi connectivity index (χ2v) is 8.17. The first-order valence-electron chi connectivity index (χ1n) is 9.86. The Hall–Kier alpha value is -2.67. The summed E-state index contributed by atoms with van der Waals surface area (Å²) in [4.78, 5) is 27.4. The van der Waals surface area contributed by atoms with Gasteiger partial charge in [0.1, 0.15) is 12.7 Å². The van der Waals surface area contributed by atoms with Gasteiger partial charge in [-0.25, -0.2) is 0 Å². The van der Waals surface area contributed by atoms with E-state index in [1.54, 1.807) is 6.20 Å². The second-order valence-electron chi connectivity index (χ2n) is 8.17. The normalized spacial score (nSPS) is 28.4. The van der Waals surface area contributed by atoms with Crippen LogP contribution in [0.2, 0.25) is 0 Å². The lowest BCUT2D eigenvalue weighted by Gasteiger charge is -2.50. The van der Waals surface area contributed by atoms with E-state index in [1.165, 1.54) is 0 Å². The molecule has 1 aromatic carbocycles. The molecule has 5 rings (SSSR count). The number of likely N-dealkylation sites (tertiary alicyclic amines) is 1. The van der Waals surface area contributed by atoms with Crippen LogP contribution < -0.4 is 5.32 Å². The maximum absolute atomic E-state index is 13.3. The lowest BCUT2D eigenvalue weighted by molar-refractivity contribution is -0.160. The molecule has 0 spiro atoms. The van der Waals surface area contributed by atoms with Crippen molar-refractivity contribution >= 4 is 11.8 Å². The van der Waals surface area contributed by atoms with E-state index < -0.39 is 5.54 Å². The van der Waals surface area contributed by atoms with Crippen molar-refractivity contribution in [3.8, 4) is 0 Å². The zero-order valence-corrected chi connectivity index (χ0v) is 15.7. The van der Waals surface area contributed by atoms with Crippen molar-refractivity contribution in [2.75, 3.05) is 19.7 Å². The Morgan fingerprint density at radius 3 is 2.75 bits per heavy atom. The molecule has 0 radical (unpaired) electrons. The van der Waals surface area contributed by atoms with Gasteiger partial charge in [0.2, 0.25) is 11.8 Å². The Morgan fingerprint density at radius 1 is 1.21 bits per heavy atom. The van der Waals surface area contributed by atoms with Gasteiger partial charge in [0.05, 0.1) is 17.5 Å². The number of aromatic nitrogens is 2. The number of hydrogen-bond acceptors (Lipinski definition) is 4. The molecule has 0 unspecified atom stereocenters. The number of ether oxygens (including phenoxy) is 1. The Morgan fingerprint density at radius 2 is 2.04 bits per heavy atom. The van der Waals surface area contributed by atoms with Gasteiger partial charge in [-0.1, -0.05) is 30.3 Å². The van der Waals surface area contributed by atoms with Crippen LogP contribution in [0.3, 0.4) is 0 Å². The van der Waals surface area contributed by atoms with Gasteiger partial charge in [0, 0.05) is 25.5 Å². The van der Waals surface area contributed by atoms with Crippen LogP contribution in [0, 0.1) is 5.41 Å². The quantitative estimate of drug-likeness (QED) is 0.868. The summed E-state index contributed by atoms with van der Waals surface area (Å²) in [5.74, 6) is 0.0855. The first-order chi connectivity index (χ1) is 13.6. The monoisotopic (exact) mass is 380 g/mol. The predicted octanol–water partition coefficient (Wildman–Crippen LogP) is 1.31. The predicted molar refractivity (Wildman–Crippen MR) is 101 cm³/mol. The first kappa shape index (κ1) is 17.4. The summed E-state index contributed by atoms with van der Waals surface area (Å²) in [6.45, 7) is 1.77. The van der Waals surface area contributed by atoms with E-state index in [9.17, 15) is 9.59 Å². The van der Waals surface area contributed by atoms with Crippen LogP contribution in [-0.2, 0) is 26.4 Å². The number of carbonyl (C=O) groups excluding carboxylic acids is 2. The molecule has 2 aliphatic heterocycles. The van der Waals surface area contributed by atoms with Crippen LogP contribution in [0.15, 0.2) is 48.8 Å². The van der Waals surface area contributed by atoms with Crippen LogP contribution in [0.5, 0.6) is 0 Å². The molecule has 0 bridgehead atoms. The molecular formula is C21H24N4O3. The Bertz CT molecular complexity index is 878. The van der Waals surface area contributed by atoms with Gasteiger partial charge >= 0.3 is 0 Å². The van der Waals surface area contributed by atoms with Crippen LogP contribution in [-0.4, -0.2) is 52.3 Å². The summed E-state index contributed by atoms with van der Waals surface area (Å²) in [6.07, 6.45) is 5.85. The molecule has 2 atom stereocenters. The van der Waals surface area contributed by atoms with E-state index in [0.717, 1.165) is 18.4 Å². The molecule has 2 aromatic rings. The average Bonchev–Trinajstić information content (AvgIpc) is 3.32. The molecule has 3 heterocycles. The molecule has 146 valence electrons. The Kier molecular flexibility index (Phi) is 4.01. The minimum absolute atomic E-state index is 0.0414. The molecule has 3 fully saturated rings. The Labute approximate surface area is 163 Å². The molecule has 28 heavy (non-hydrogen) atoms. The number of fused-ring (bicyclic) bond motifs is 1. The minimum Gasteiger partial charge on any atom is -0.364 e. The molecule has 2 saturated heterocycles. The number of morpholine rings is 1. The zero-order valence-electron chi connectivity index (χ0n) is 15.7. The van der Waals surface area contributed by atoms with Crippen LogP contribution in [0.1, 0.15) is 24.8 Å². The van der Waals surface area contributed by atoms with E-state index >= 15 is 0 Å². The lowest BCUT2D eigenvalue weighted by atomic mass is 9.77. The smallest absolute Gasteiger partial charge is 0.246 e. The maximum atomic E-state index is 13.3. The highest BCUT2D eigenvalue weighted by Crippen LogP contribution is 2.49. The highest BCUT2D eigenvalue weighted by atomic mass is 16.5. The number of rotatable bonds is 4. The van der Waals surface area contributed by atoms with E-state index in [1.807, 2.05) is 52.2 Å². The third-order valence-electron chi connectivity index (χ3n) is 6.40. The SMILES string of the molecule is O=C1CO[C@@H]2CN(C(=O)C3(Cn4cccn4)CC3)CC[C@@]2(c2ccccc2)N1. The minimum atomic E-state index is -0.563. The number of hydrogen-bond donors (Lipinski definition) is 1. The van der Waals surface area contributed by atoms with Crippen molar-refractivity contribution < 1.29 is 14.3 Å². The fourth-order valence-corrected chi connectivity index (χ4v) is 4.67. The highest BCUT2D eigenvalue weighted by Gasteiger charge is 2.56. The second kappa shape index (κ2) is 6.44. The van der Waals surface area contributed by atoms with Crippen molar-refractivity contribution in [1.29, 1.82) is 0 Å². The van der Waals surface area contributed by atoms with Gasteiger partial charge in [-0.05, 0) is 30.9 Å². The molecule has 1 saturated carbocycles. The van der Waals surface area contributed by atoms with E-state index in [2.05, 4.69) is 10.4 Å². The maximum Gasteiger partial charge on any atom is 0.246 e. The summed E-state index contributed by atoms with van der Waals surface area (Å²) in [5, 5.41) is 7.45. The molecule has 1 aliphatic carbocycles. The van der Waals surface area contributed by atoms with E-state index in [0.29, 0.717) is 26.1 Å². The van der Waals surface area contributed by atoms with Gasteiger partial charge in [0.25, 0.3) is 0 Å². The lowest BCUT2D eigenvalue weighted by Crippen LogP contribution is -2.67. The number of nitrogens with zero attached hydrogens (tertiary/aromatic N) is 3. The van der Waals surface area contributed by atoms with Crippen LogP contribution in [0.25, 0.3) is 0 Å². The van der Waals surface area contributed by atoms with E-state index in [-0.39, 0.29) is 29.9 Å². The van der Waals surface area contributed by atoms with Gasteiger partial charge in [-0.2, -0.15) is 5.10 Å². The van der Waals surface area contributed by atoms with Crippen molar-refractivity contribution in [1.82, 2.24) is 20.0 Å². The number of piperidine rings is 1. The number of benzene rings is 1. The van der Waals surface area contributed by atoms with E-state index in [4.69, 9.17) is 4.74 Å². The standard InChI is InChI=1S/C21H24N4O3/c26-18-14-28-17-13-24(12-9-21(17,23-18)16-5-2-1-3-6-16)19(27)20(7-8-20)15-25-11-4-10-22-25/h1-6,10-11,17H,7-9,12-15H2,(H,23,26)/t17-,21+/m1/s1. The molecule has 7 nitrogen and oxygen atoms in total. The third-order valence-corrected chi connectivity index (χ3v) is 6.40. The molecular weight excluding hydrogens is 356 g/mol. The number of nitrogens with one attached hydrogen (secondary N) is 1. The topological polar surface area (TPSA) is 76.5 Å². The van der Waals surface area contributed by atoms with Crippen LogP contribution in [0.4, 0.5) is 0 Å².